The number of hydrogen-bond donors (Lipinski definition) is 0. The zero-order valence-electron chi connectivity index (χ0n) is 9.05. The third kappa shape index (κ3) is 3.28. The molecule has 2 nitrogen and oxygen atoms in total. The summed E-state index contributed by atoms with van der Waals surface area (Å²) in [4.78, 5) is 3.40. The fourth-order valence-electron chi connectivity index (χ4n) is 0.983. The Morgan fingerprint density at radius 1 is 1.12 bits per heavy atom. The van der Waals surface area contributed by atoms with E-state index in [9.17, 15) is 22.0 Å². The molecule has 0 aliphatic carbocycles. The summed E-state index contributed by atoms with van der Waals surface area (Å²) < 4.78 is 64.0. The van der Waals surface area contributed by atoms with E-state index in [1.54, 1.807) is 0 Å². The summed E-state index contributed by atoms with van der Waals surface area (Å²) in [6.07, 6.45) is -9.79. The van der Waals surface area contributed by atoms with Gasteiger partial charge in [-0.1, -0.05) is 19.9 Å². The number of pyridine rings is 1. The van der Waals surface area contributed by atoms with Crippen molar-refractivity contribution in [2.24, 2.45) is 0 Å². The number of nitrogens with zero attached hydrogens (tertiary/aromatic N) is 1. The Morgan fingerprint density at radius 3 is 2.06 bits per heavy atom. The van der Waals surface area contributed by atoms with Gasteiger partial charge in [-0.2, -0.15) is 22.0 Å². The van der Waals surface area contributed by atoms with E-state index in [0.717, 1.165) is 6.07 Å². The average molecular weight is 255 g/mol. The van der Waals surface area contributed by atoms with Crippen molar-refractivity contribution in [1.29, 1.82) is 0 Å². The molecule has 1 aromatic heterocycles. The highest BCUT2D eigenvalue weighted by molar-refractivity contribution is 5.20. The molecule has 1 heterocycles. The molecule has 1 aromatic rings. The molecule has 0 amide bonds. The molecule has 0 fully saturated rings. The smallest absolute Gasteiger partial charge is 0.408 e. The van der Waals surface area contributed by atoms with Crippen molar-refractivity contribution in [3.8, 4) is 5.88 Å². The first-order chi connectivity index (χ1) is 7.63. The minimum atomic E-state index is -5.76. The number of ether oxygens (including phenoxy) is 1. The highest BCUT2D eigenvalue weighted by Crippen LogP contribution is 2.36. The Hall–Kier alpha value is -1.40. The van der Waals surface area contributed by atoms with Gasteiger partial charge in [-0.25, -0.2) is 4.98 Å². The normalized spacial score (nSPS) is 12.9. The van der Waals surface area contributed by atoms with Gasteiger partial charge in [-0.15, -0.1) is 0 Å². The summed E-state index contributed by atoms with van der Waals surface area (Å²) in [5.74, 6) is -0.670. The van der Waals surface area contributed by atoms with Crippen LogP contribution in [0.25, 0.3) is 0 Å². The van der Waals surface area contributed by atoms with Crippen molar-refractivity contribution < 1.29 is 26.7 Å². The second kappa shape index (κ2) is 4.46. The van der Waals surface area contributed by atoms with Crippen LogP contribution in [0.2, 0.25) is 0 Å². The van der Waals surface area contributed by atoms with E-state index in [1.165, 1.54) is 12.3 Å². The van der Waals surface area contributed by atoms with Crippen LogP contribution in [0.15, 0.2) is 18.3 Å². The monoisotopic (exact) mass is 255 g/mol. The molecule has 0 saturated carbocycles. The van der Waals surface area contributed by atoms with Crippen molar-refractivity contribution in [3.05, 3.63) is 23.9 Å². The summed E-state index contributed by atoms with van der Waals surface area (Å²) in [6.45, 7) is 3.67. The zero-order valence-corrected chi connectivity index (χ0v) is 9.05. The number of aromatic nitrogens is 1. The Bertz CT molecular complexity index is 371. The van der Waals surface area contributed by atoms with E-state index in [-0.39, 0.29) is 5.92 Å². The summed E-state index contributed by atoms with van der Waals surface area (Å²) in [6, 6.07) is 2.37. The maximum absolute atomic E-state index is 12.5. The standard InChI is InChI=1S/C10H10F5NO/c1-6(2)7-3-4-8(16-5-7)17-10(14,15)9(11,12)13/h3-6H,1-2H3. The Balaban J connectivity index is 2.83. The topological polar surface area (TPSA) is 22.1 Å². The summed E-state index contributed by atoms with van der Waals surface area (Å²) >= 11 is 0. The molecule has 17 heavy (non-hydrogen) atoms. The zero-order chi connectivity index (χ0) is 13.3. The van der Waals surface area contributed by atoms with Gasteiger partial charge in [0.05, 0.1) is 0 Å². The van der Waals surface area contributed by atoms with Gasteiger partial charge in [0, 0.05) is 12.3 Å². The Labute approximate surface area is 94.4 Å². The van der Waals surface area contributed by atoms with Crippen molar-refractivity contribution in [1.82, 2.24) is 4.98 Å². The lowest BCUT2D eigenvalue weighted by molar-refractivity contribution is -0.361. The van der Waals surface area contributed by atoms with E-state index in [1.807, 2.05) is 13.8 Å². The van der Waals surface area contributed by atoms with Crippen LogP contribution in [0.5, 0.6) is 5.88 Å². The molecule has 0 radical (unpaired) electrons. The van der Waals surface area contributed by atoms with Gasteiger partial charge in [0.15, 0.2) is 0 Å². The van der Waals surface area contributed by atoms with Gasteiger partial charge in [0.1, 0.15) is 0 Å². The molecule has 0 spiro atoms. The SMILES string of the molecule is CC(C)c1ccc(OC(F)(F)C(F)(F)F)nc1. The Morgan fingerprint density at radius 2 is 1.71 bits per heavy atom. The van der Waals surface area contributed by atoms with E-state index >= 15 is 0 Å². The fourth-order valence-corrected chi connectivity index (χ4v) is 0.983. The highest BCUT2D eigenvalue weighted by atomic mass is 19.4. The molecule has 0 saturated heterocycles. The predicted octanol–water partition coefficient (Wildman–Crippen LogP) is 3.74. The maximum Gasteiger partial charge on any atom is 0.500 e. The lowest BCUT2D eigenvalue weighted by Gasteiger charge is -2.19. The molecule has 96 valence electrons. The minimum absolute atomic E-state index is 0.0969. The number of hydrogen-bond acceptors (Lipinski definition) is 2. The minimum Gasteiger partial charge on any atom is -0.408 e. The maximum atomic E-state index is 12.5. The summed E-state index contributed by atoms with van der Waals surface area (Å²) in [7, 11) is 0. The number of rotatable bonds is 3. The second-order valence-electron chi connectivity index (χ2n) is 3.70. The van der Waals surface area contributed by atoms with Crippen LogP contribution in [0, 0.1) is 0 Å². The van der Waals surface area contributed by atoms with E-state index in [4.69, 9.17) is 0 Å². The second-order valence-corrected chi connectivity index (χ2v) is 3.70. The lowest BCUT2D eigenvalue weighted by Crippen LogP contribution is -2.42. The van der Waals surface area contributed by atoms with E-state index in [0.29, 0.717) is 5.56 Å². The van der Waals surface area contributed by atoms with Crippen LogP contribution < -0.4 is 4.74 Å². The van der Waals surface area contributed by atoms with E-state index in [2.05, 4.69) is 9.72 Å². The van der Waals surface area contributed by atoms with Gasteiger partial charge in [0.25, 0.3) is 0 Å². The van der Waals surface area contributed by atoms with Gasteiger partial charge in [-0.05, 0) is 11.5 Å². The Kier molecular flexibility index (Phi) is 3.59. The lowest BCUT2D eigenvalue weighted by atomic mass is 10.1. The first-order valence-electron chi connectivity index (χ1n) is 4.73. The van der Waals surface area contributed by atoms with Crippen LogP contribution in [0.1, 0.15) is 25.3 Å². The first kappa shape index (κ1) is 13.7. The molecule has 0 unspecified atom stereocenters. The molecular weight excluding hydrogens is 245 g/mol. The molecule has 1 rings (SSSR count). The molecule has 0 aliphatic rings. The van der Waals surface area contributed by atoms with Crippen LogP contribution in [-0.4, -0.2) is 17.3 Å². The molecule has 0 N–H and O–H groups in total. The predicted molar refractivity (Wildman–Crippen MR) is 50.0 cm³/mol. The molecule has 0 aliphatic heterocycles. The molecule has 0 atom stereocenters. The summed E-state index contributed by atoms with van der Waals surface area (Å²) in [5, 5.41) is 0. The van der Waals surface area contributed by atoms with Gasteiger partial charge in [0.2, 0.25) is 5.88 Å². The molecule has 0 aromatic carbocycles. The number of alkyl halides is 5. The van der Waals surface area contributed by atoms with Crippen molar-refractivity contribution >= 4 is 0 Å². The quantitative estimate of drug-likeness (QED) is 0.767. The van der Waals surface area contributed by atoms with Crippen LogP contribution >= 0.6 is 0 Å². The third-order valence-electron chi connectivity index (χ3n) is 1.99. The summed E-state index contributed by atoms with van der Waals surface area (Å²) in [5.41, 5.74) is 0.715. The first-order valence-corrected chi connectivity index (χ1v) is 4.73. The van der Waals surface area contributed by atoms with Crippen molar-refractivity contribution in [2.45, 2.75) is 32.1 Å². The molecule has 7 heteroatoms. The van der Waals surface area contributed by atoms with Crippen LogP contribution in [-0.2, 0) is 0 Å². The largest absolute Gasteiger partial charge is 0.500 e. The molecule has 0 bridgehead atoms. The number of halogens is 5. The van der Waals surface area contributed by atoms with E-state index < -0.39 is 18.2 Å². The van der Waals surface area contributed by atoms with Gasteiger partial charge < -0.3 is 4.74 Å². The van der Waals surface area contributed by atoms with Gasteiger partial charge in [-0.3, -0.25) is 0 Å². The van der Waals surface area contributed by atoms with Crippen molar-refractivity contribution in [3.63, 3.8) is 0 Å². The molecular formula is C10H10F5NO. The van der Waals surface area contributed by atoms with Crippen LogP contribution in [0.3, 0.4) is 0 Å². The van der Waals surface area contributed by atoms with Crippen molar-refractivity contribution in [2.75, 3.05) is 0 Å². The van der Waals surface area contributed by atoms with Gasteiger partial charge >= 0.3 is 12.3 Å². The van der Waals surface area contributed by atoms with Crippen LogP contribution in [0.4, 0.5) is 22.0 Å². The average Bonchev–Trinajstić information content (AvgIpc) is 2.16. The fraction of sp³-hybridized carbons (Fsp3) is 0.500. The highest BCUT2D eigenvalue weighted by Gasteiger charge is 2.61. The third-order valence-corrected chi connectivity index (χ3v) is 1.99.